The minimum absolute atomic E-state index is 0.231. The molecule has 0 bridgehead atoms. The zero-order valence-corrected chi connectivity index (χ0v) is 10.6. The molecule has 1 aliphatic rings. The number of amides is 1. The molecule has 6 nitrogen and oxygen atoms in total. The minimum atomic E-state index is -1.15. The van der Waals surface area contributed by atoms with Gasteiger partial charge in [0.1, 0.15) is 5.15 Å². The number of carboxylic acid groups (broad SMARTS) is 1. The second-order valence-electron chi connectivity index (χ2n) is 4.39. The van der Waals surface area contributed by atoms with Crippen molar-refractivity contribution in [1.29, 1.82) is 0 Å². The molecule has 7 heteroatoms. The van der Waals surface area contributed by atoms with Crippen LogP contribution >= 0.6 is 11.6 Å². The van der Waals surface area contributed by atoms with Crippen molar-refractivity contribution in [2.45, 2.75) is 18.9 Å². The zero-order valence-electron chi connectivity index (χ0n) is 9.88. The number of hydrogen-bond donors (Lipinski definition) is 2. The maximum Gasteiger partial charge on any atom is 0.409 e. The first kappa shape index (κ1) is 12.0. The fourth-order valence-electron chi connectivity index (χ4n) is 1.88. The highest BCUT2D eigenvalue weighted by Gasteiger charge is 2.24. The van der Waals surface area contributed by atoms with Crippen molar-refractivity contribution in [2.24, 2.45) is 0 Å². The molecule has 98 valence electrons. The first-order valence-corrected chi connectivity index (χ1v) is 6.22. The molecule has 2 heterocycles. The highest BCUT2D eigenvalue weighted by atomic mass is 35.5. The average Bonchev–Trinajstić information content (AvgIpc) is 3.08. The van der Waals surface area contributed by atoms with Gasteiger partial charge in [-0.3, -0.25) is 10.00 Å². The Morgan fingerprint density at radius 1 is 1.53 bits per heavy atom. The van der Waals surface area contributed by atoms with Gasteiger partial charge in [0.15, 0.2) is 0 Å². The molecular weight excluding hydrogens is 268 g/mol. The third kappa shape index (κ3) is 2.53. The van der Waals surface area contributed by atoms with Gasteiger partial charge in [-0.2, -0.15) is 5.10 Å². The Kier molecular flexibility index (Phi) is 2.87. The van der Waals surface area contributed by atoms with E-state index >= 15 is 0 Å². The van der Waals surface area contributed by atoms with E-state index < -0.39 is 6.09 Å². The summed E-state index contributed by atoms with van der Waals surface area (Å²) in [5.74, 6) is 0. The van der Waals surface area contributed by atoms with Crippen molar-refractivity contribution >= 4 is 23.4 Å². The lowest BCUT2D eigenvalue weighted by Gasteiger charge is -2.07. The second kappa shape index (κ2) is 4.55. The Morgan fingerprint density at radius 3 is 3.00 bits per heavy atom. The van der Waals surface area contributed by atoms with Crippen molar-refractivity contribution in [3.05, 3.63) is 29.7 Å². The molecule has 0 radical (unpaired) electrons. The number of carbonyl (C=O) groups is 1. The predicted octanol–water partition coefficient (Wildman–Crippen LogP) is 3.02. The summed E-state index contributed by atoms with van der Waals surface area (Å²) in [5.41, 5.74) is 1.68. The van der Waals surface area contributed by atoms with E-state index in [4.69, 9.17) is 16.7 Å². The van der Waals surface area contributed by atoms with Crippen LogP contribution < -0.4 is 5.32 Å². The van der Waals surface area contributed by atoms with Gasteiger partial charge in [-0.15, -0.1) is 0 Å². The van der Waals surface area contributed by atoms with Crippen molar-refractivity contribution in [1.82, 2.24) is 14.8 Å². The lowest BCUT2D eigenvalue weighted by molar-refractivity contribution is 0.210. The molecule has 1 saturated carbocycles. The van der Waals surface area contributed by atoms with Gasteiger partial charge in [-0.25, -0.2) is 9.78 Å². The van der Waals surface area contributed by atoms with Gasteiger partial charge in [0.25, 0.3) is 0 Å². The number of rotatable bonds is 3. The van der Waals surface area contributed by atoms with Crippen LogP contribution in [0.1, 0.15) is 18.9 Å². The standard InChI is InChI=1S/C12H11ClN4O2/c13-11-5-10(15-12(18)19)8(6-14-11)9-3-4-17(16-9)7-1-2-7/h3-7H,1-2H2,(H,14,15)(H,18,19). The van der Waals surface area contributed by atoms with Crippen molar-refractivity contribution in [3.8, 4) is 11.3 Å². The smallest absolute Gasteiger partial charge is 0.409 e. The molecule has 0 spiro atoms. The van der Waals surface area contributed by atoms with E-state index in [-0.39, 0.29) is 5.15 Å². The molecule has 2 aromatic rings. The third-order valence-electron chi connectivity index (χ3n) is 2.92. The molecule has 0 aromatic carbocycles. The van der Waals surface area contributed by atoms with Crippen LogP contribution in [0.2, 0.25) is 5.15 Å². The lowest BCUT2D eigenvalue weighted by Crippen LogP contribution is -2.08. The lowest BCUT2D eigenvalue weighted by atomic mass is 10.2. The SMILES string of the molecule is O=C(O)Nc1cc(Cl)ncc1-c1ccn(C2CC2)n1. The van der Waals surface area contributed by atoms with E-state index in [2.05, 4.69) is 15.4 Å². The highest BCUT2D eigenvalue weighted by molar-refractivity contribution is 6.29. The van der Waals surface area contributed by atoms with Crippen LogP contribution in [0.3, 0.4) is 0 Å². The van der Waals surface area contributed by atoms with E-state index in [1.807, 2.05) is 16.9 Å². The van der Waals surface area contributed by atoms with Gasteiger partial charge >= 0.3 is 6.09 Å². The molecule has 3 rings (SSSR count). The number of hydrogen-bond acceptors (Lipinski definition) is 3. The molecule has 19 heavy (non-hydrogen) atoms. The maximum atomic E-state index is 10.8. The quantitative estimate of drug-likeness (QED) is 0.846. The molecule has 2 N–H and O–H groups in total. The van der Waals surface area contributed by atoms with Crippen molar-refractivity contribution in [2.75, 3.05) is 5.32 Å². The van der Waals surface area contributed by atoms with Crippen LogP contribution in [-0.2, 0) is 0 Å². The summed E-state index contributed by atoms with van der Waals surface area (Å²) < 4.78 is 1.90. The van der Waals surface area contributed by atoms with Gasteiger partial charge < -0.3 is 5.11 Å². The van der Waals surface area contributed by atoms with Gasteiger partial charge in [0.2, 0.25) is 0 Å². The number of halogens is 1. The van der Waals surface area contributed by atoms with Crippen molar-refractivity contribution < 1.29 is 9.90 Å². The van der Waals surface area contributed by atoms with Crippen LogP contribution in [0.25, 0.3) is 11.3 Å². The summed E-state index contributed by atoms with van der Waals surface area (Å²) in [5, 5.41) is 15.8. The summed E-state index contributed by atoms with van der Waals surface area (Å²) in [4.78, 5) is 14.8. The molecule has 2 aromatic heterocycles. The van der Waals surface area contributed by atoms with Crippen LogP contribution in [0.4, 0.5) is 10.5 Å². The summed E-state index contributed by atoms with van der Waals surface area (Å²) in [6, 6.07) is 3.79. The summed E-state index contributed by atoms with van der Waals surface area (Å²) in [6.45, 7) is 0. The van der Waals surface area contributed by atoms with E-state index in [9.17, 15) is 4.79 Å². The van der Waals surface area contributed by atoms with E-state index in [1.165, 1.54) is 12.3 Å². The summed E-state index contributed by atoms with van der Waals surface area (Å²) in [6.07, 6.45) is 4.55. The summed E-state index contributed by atoms with van der Waals surface area (Å²) >= 11 is 5.78. The van der Waals surface area contributed by atoms with E-state index in [1.54, 1.807) is 0 Å². The molecule has 1 amide bonds. The molecule has 1 fully saturated rings. The fourth-order valence-corrected chi connectivity index (χ4v) is 2.03. The molecule has 0 aliphatic heterocycles. The second-order valence-corrected chi connectivity index (χ2v) is 4.78. The first-order chi connectivity index (χ1) is 9.13. The Balaban J connectivity index is 1.99. The zero-order chi connectivity index (χ0) is 13.4. The minimum Gasteiger partial charge on any atom is -0.465 e. The van der Waals surface area contributed by atoms with Gasteiger partial charge in [0, 0.05) is 18.0 Å². The first-order valence-electron chi connectivity index (χ1n) is 5.84. The van der Waals surface area contributed by atoms with E-state index in [0.29, 0.717) is 23.0 Å². The number of anilines is 1. The monoisotopic (exact) mass is 278 g/mol. The Bertz CT molecular complexity index is 636. The number of nitrogens with zero attached hydrogens (tertiary/aromatic N) is 3. The van der Waals surface area contributed by atoms with Crippen LogP contribution in [0.5, 0.6) is 0 Å². The predicted molar refractivity (Wildman–Crippen MR) is 70.4 cm³/mol. The molecule has 1 aliphatic carbocycles. The fraction of sp³-hybridized carbons (Fsp3) is 0.250. The number of aromatic nitrogens is 3. The van der Waals surface area contributed by atoms with Gasteiger partial charge in [-0.1, -0.05) is 11.6 Å². The largest absolute Gasteiger partial charge is 0.465 e. The van der Waals surface area contributed by atoms with Crippen LogP contribution in [0, 0.1) is 0 Å². The van der Waals surface area contributed by atoms with Gasteiger partial charge in [0.05, 0.1) is 17.4 Å². The normalized spacial score (nSPS) is 14.4. The van der Waals surface area contributed by atoms with E-state index in [0.717, 1.165) is 12.8 Å². The topological polar surface area (TPSA) is 80.0 Å². The number of pyridine rings is 1. The molecular formula is C12H11ClN4O2. The Hall–Kier alpha value is -2.08. The average molecular weight is 279 g/mol. The Labute approximate surface area is 114 Å². The Morgan fingerprint density at radius 2 is 2.32 bits per heavy atom. The van der Waals surface area contributed by atoms with Crippen LogP contribution in [0.15, 0.2) is 24.5 Å². The molecule has 0 unspecified atom stereocenters. The van der Waals surface area contributed by atoms with Crippen LogP contribution in [-0.4, -0.2) is 26.0 Å². The maximum absolute atomic E-state index is 10.8. The summed E-state index contributed by atoms with van der Waals surface area (Å²) in [7, 11) is 0. The molecule has 0 atom stereocenters. The third-order valence-corrected chi connectivity index (χ3v) is 3.12. The highest BCUT2D eigenvalue weighted by Crippen LogP contribution is 2.35. The molecule has 0 saturated heterocycles. The van der Waals surface area contributed by atoms with Gasteiger partial charge in [-0.05, 0) is 25.0 Å². The number of nitrogens with one attached hydrogen (secondary N) is 1. The van der Waals surface area contributed by atoms with Crippen molar-refractivity contribution in [3.63, 3.8) is 0 Å².